The van der Waals surface area contributed by atoms with Gasteiger partial charge in [0, 0.05) is 29.8 Å². The van der Waals surface area contributed by atoms with Crippen molar-refractivity contribution in [2.75, 3.05) is 6.54 Å². The summed E-state index contributed by atoms with van der Waals surface area (Å²) in [6.45, 7) is 2.25. The van der Waals surface area contributed by atoms with Crippen LogP contribution >= 0.6 is 0 Å². The maximum atomic E-state index is 12.0. The van der Waals surface area contributed by atoms with Crippen molar-refractivity contribution in [3.63, 3.8) is 0 Å². The molecule has 1 aromatic carbocycles. The highest BCUT2D eigenvalue weighted by Crippen LogP contribution is 2.31. The highest BCUT2D eigenvalue weighted by Gasteiger charge is 2.28. The van der Waals surface area contributed by atoms with Gasteiger partial charge in [0.25, 0.3) is 11.6 Å². The van der Waals surface area contributed by atoms with Crippen molar-refractivity contribution >= 4 is 11.6 Å². The second-order valence-corrected chi connectivity index (χ2v) is 5.17. The number of carbonyl (C=O) groups excluding carboxylic acids is 1. The van der Waals surface area contributed by atoms with Crippen LogP contribution in [0.1, 0.15) is 35.7 Å². The zero-order valence-electron chi connectivity index (χ0n) is 11.5. The van der Waals surface area contributed by atoms with Crippen molar-refractivity contribution in [3.8, 4) is 0 Å². The summed E-state index contributed by atoms with van der Waals surface area (Å²) < 4.78 is 0. The number of hydrogen-bond donors (Lipinski definition) is 2. The van der Waals surface area contributed by atoms with Crippen LogP contribution in [0.25, 0.3) is 0 Å². The van der Waals surface area contributed by atoms with Gasteiger partial charge in [-0.1, -0.05) is 13.0 Å². The Kier molecular flexibility index (Phi) is 4.34. The number of carbonyl (C=O) groups is 1. The van der Waals surface area contributed by atoms with E-state index < -0.39 is 4.92 Å². The van der Waals surface area contributed by atoms with Gasteiger partial charge in [0.2, 0.25) is 0 Å². The Morgan fingerprint density at radius 1 is 1.55 bits per heavy atom. The molecule has 1 fully saturated rings. The Bertz CT molecular complexity index is 526. The van der Waals surface area contributed by atoms with Gasteiger partial charge < -0.3 is 11.1 Å². The van der Waals surface area contributed by atoms with E-state index >= 15 is 0 Å². The molecule has 1 aliphatic rings. The molecule has 0 spiro atoms. The van der Waals surface area contributed by atoms with Crippen LogP contribution in [0.2, 0.25) is 0 Å². The summed E-state index contributed by atoms with van der Waals surface area (Å²) in [4.78, 5) is 22.5. The monoisotopic (exact) mass is 277 g/mol. The first-order valence-corrected chi connectivity index (χ1v) is 6.84. The lowest BCUT2D eigenvalue weighted by atomic mass is 10.1. The first-order valence-electron chi connectivity index (χ1n) is 6.84. The van der Waals surface area contributed by atoms with Gasteiger partial charge in [-0.2, -0.15) is 0 Å². The molecule has 0 radical (unpaired) electrons. The Labute approximate surface area is 117 Å². The number of nitrogens with zero attached hydrogens (tertiary/aromatic N) is 1. The highest BCUT2D eigenvalue weighted by atomic mass is 16.6. The summed E-state index contributed by atoms with van der Waals surface area (Å²) in [5.74, 6) is 0.193. The van der Waals surface area contributed by atoms with Crippen LogP contribution in [0.15, 0.2) is 18.2 Å². The highest BCUT2D eigenvalue weighted by molar-refractivity contribution is 5.95. The van der Waals surface area contributed by atoms with Crippen molar-refractivity contribution in [2.24, 2.45) is 11.7 Å². The van der Waals surface area contributed by atoms with Gasteiger partial charge in [-0.15, -0.1) is 0 Å². The van der Waals surface area contributed by atoms with Crippen LogP contribution in [0, 0.1) is 16.0 Å². The second-order valence-electron chi connectivity index (χ2n) is 5.17. The summed E-state index contributed by atoms with van der Waals surface area (Å²) in [5, 5.41) is 13.7. The average molecular weight is 277 g/mol. The van der Waals surface area contributed by atoms with Gasteiger partial charge in [0.1, 0.15) is 0 Å². The van der Waals surface area contributed by atoms with Crippen LogP contribution in [0.5, 0.6) is 0 Å². The first kappa shape index (κ1) is 14.5. The third kappa shape index (κ3) is 3.33. The Morgan fingerprint density at radius 3 is 2.80 bits per heavy atom. The molecule has 0 bridgehead atoms. The number of hydrogen-bond acceptors (Lipinski definition) is 4. The van der Waals surface area contributed by atoms with Gasteiger partial charge >= 0.3 is 0 Å². The molecule has 0 aromatic heterocycles. The molecule has 0 heterocycles. The van der Waals surface area contributed by atoms with Gasteiger partial charge in [-0.3, -0.25) is 14.9 Å². The number of amides is 1. The SMILES string of the molecule is CCc1ccc(C(=O)NCC(N)C2CC2)cc1[N+](=O)[O-]. The third-order valence-corrected chi connectivity index (χ3v) is 3.65. The van der Waals surface area contributed by atoms with E-state index in [2.05, 4.69) is 5.32 Å². The predicted octanol–water partition coefficient (Wildman–Crippen LogP) is 1.62. The number of nitrogens with two attached hydrogens (primary N) is 1. The minimum absolute atomic E-state index is 0.00774. The molecule has 1 aromatic rings. The molecule has 1 saturated carbocycles. The fraction of sp³-hybridized carbons (Fsp3) is 0.500. The van der Waals surface area contributed by atoms with Crippen molar-refractivity contribution in [2.45, 2.75) is 32.2 Å². The van der Waals surface area contributed by atoms with E-state index in [0.717, 1.165) is 12.8 Å². The number of nitro benzene ring substituents is 1. The third-order valence-electron chi connectivity index (χ3n) is 3.65. The number of aryl methyl sites for hydroxylation is 1. The molecule has 0 saturated heterocycles. The lowest BCUT2D eigenvalue weighted by Gasteiger charge is -2.11. The number of nitro groups is 1. The standard InChI is InChI=1S/C14H19N3O3/c1-2-9-3-6-11(7-13(9)17(19)20)14(18)16-8-12(15)10-4-5-10/h3,6-7,10,12H,2,4-5,8,15H2,1H3,(H,16,18). The fourth-order valence-corrected chi connectivity index (χ4v) is 2.18. The second kappa shape index (κ2) is 6.00. The smallest absolute Gasteiger partial charge is 0.273 e. The Hall–Kier alpha value is -1.95. The van der Waals surface area contributed by atoms with Crippen LogP contribution in [0.3, 0.4) is 0 Å². The summed E-state index contributed by atoms with van der Waals surface area (Å²) in [6.07, 6.45) is 2.80. The zero-order valence-corrected chi connectivity index (χ0v) is 11.5. The van der Waals surface area contributed by atoms with E-state index in [1.54, 1.807) is 12.1 Å². The molecule has 1 unspecified atom stereocenters. The number of rotatable bonds is 6. The fourth-order valence-electron chi connectivity index (χ4n) is 2.18. The minimum atomic E-state index is -0.453. The van der Waals surface area contributed by atoms with Gasteiger partial charge in [-0.25, -0.2) is 0 Å². The Morgan fingerprint density at radius 2 is 2.25 bits per heavy atom. The van der Waals surface area contributed by atoms with E-state index in [0.29, 0.717) is 30.0 Å². The van der Waals surface area contributed by atoms with Crippen molar-refractivity contribution in [1.82, 2.24) is 5.32 Å². The maximum absolute atomic E-state index is 12.0. The van der Waals surface area contributed by atoms with Crippen LogP contribution in [0.4, 0.5) is 5.69 Å². The van der Waals surface area contributed by atoms with E-state index in [9.17, 15) is 14.9 Å². The quantitative estimate of drug-likeness (QED) is 0.609. The molecule has 1 amide bonds. The summed E-state index contributed by atoms with van der Waals surface area (Å²) in [7, 11) is 0. The molecule has 1 atom stereocenters. The van der Waals surface area contributed by atoms with E-state index in [1.807, 2.05) is 6.92 Å². The van der Waals surface area contributed by atoms with Crippen LogP contribution in [-0.2, 0) is 6.42 Å². The zero-order chi connectivity index (χ0) is 14.7. The molecular weight excluding hydrogens is 258 g/mol. The lowest BCUT2D eigenvalue weighted by Crippen LogP contribution is -2.38. The van der Waals surface area contributed by atoms with Crippen molar-refractivity contribution in [3.05, 3.63) is 39.4 Å². The molecule has 6 heteroatoms. The molecular formula is C14H19N3O3. The molecule has 1 aliphatic carbocycles. The lowest BCUT2D eigenvalue weighted by molar-refractivity contribution is -0.385. The molecule has 2 rings (SSSR count). The molecule has 0 aliphatic heterocycles. The number of nitrogens with one attached hydrogen (secondary N) is 1. The molecule has 20 heavy (non-hydrogen) atoms. The average Bonchev–Trinajstić information content (AvgIpc) is 3.28. The minimum Gasteiger partial charge on any atom is -0.350 e. The molecule has 108 valence electrons. The predicted molar refractivity (Wildman–Crippen MR) is 75.5 cm³/mol. The normalized spacial score (nSPS) is 15.7. The molecule has 3 N–H and O–H groups in total. The molecule has 6 nitrogen and oxygen atoms in total. The van der Waals surface area contributed by atoms with Crippen LogP contribution < -0.4 is 11.1 Å². The van der Waals surface area contributed by atoms with Gasteiger partial charge in [-0.05, 0) is 31.2 Å². The largest absolute Gasteiger partial charge is 0.350 e. The van der Waals surface area contributed by atoms with E-state index in [4.69, 9.17) is 5.73 Å². The van der Waals surface area contributed by atoms with E-state index in [-0.39, 0.29) is 17.6 Å². The number of benzene rings is 1. The van der Waals surface area contributed by atoms with Gasteiger partial charge in [0.05, 0.1) is 4.92 Å². The van der Waals surface area contributed by atoms with Crippen molar-refractivity contribution < 1.29 is 9.72 Å². The topological polar surface area (TPSA) is 98.3 Å². The summed E-state index contributed by atoms with van der Waals surface area (Å²) in [6, 6.07) is 4.55. The van der Waals surface area contributed by atoms with E-state index in [1.165, 1.54) is 6.07 Å². The first-order chi connectivity index (χ1) is 9.52. The van der Waals surface area contributed by atoms with Crippen LogP contribution in [-0.4, -0.2) is 23.4 Å². The van der Waals surface area contributed by atoms with Crippen molar-refractivity contribution in [1.29, 1.82) is 0 Å². The summed E-state index contributed by atoms with van der Waals surface area (Å²) in [5.41, 5.74) is 6.83. The summed E-state index contributed by atoms with van der Waals surface area (Å²) >= 11 is 0. The maximum Gasteiger partial charge on any atom is 0.273 e. The Balaban J connectivity index is 2.05. The van der Waals surface area contributed by atoms with Gasteiger partial charge in [0.15, 0.2) is 0 Å².